The van der Waals surface area contributed by atoms with E-state index in [2.05, 4.69) is 184 Å². The zero-order valence-corrected chi connectivity index (χ0v) is 29.3. The number of hydrogen-bond acceptors (Lipinski definition) is 2. The fraction of sp³-hybridized carbons (Fsp3) is 0. The van der Waals surface area contributed by atoms with E-state index in [9.17, 15) is 0 Å². The van der Waals surface area contributed by atoms with Crippen LogP contribution in [0, 0.1) is 0 Å². The summed E-state index contributed by atoms with van der Waals surface area (Å²) in [6.07, 6.45) is 3.75. The average molecular weight is 689 g/mol. The number of para-hydroxylation sites is 3. The molecule has 0 radical (unpaired) electrons. The van der Waals surface area contributed by atoms with E-state index in [0.29, 0.717) is 0 Å². The molecule has 0 fully saturated rings. The minimum Gasteiger partial charge on any atom is -0.309 e. The Morgan fingerprint density at radius 3 is 1.65 bits per heavy atom. The summed E-state index contributed by atoms with van der Waals surface area (Å²) in [5, 5.41) is 5.05. The normalized spacial score (nSPS) is 11.7. The topological polar surface area (TPSA) is 35.6 Å². The summed E-state index contributed by atoms with van der Waals surface area (Å²) in [6, 6.07) is 65.4. The van der Waals surface area contributed by atoms with Crippen LogP contribution in [0.5, 0.6) is 0 Å². The molecule has 54 heavy (non-hydrogen) atoms. The molecule has 0 saturated heterocycles. The summed E-state index contributed by atoms with van der Waals surface area (Å²) >= 11 is 0. The van der Waals surface area contributed by atoms with E-state index in [0.717, 1.165) is 44.9 Å². The summed E-state index contributed by atoms with van der Waals surface area (Å²) in [5.74, 6) is 0.937. The van der Waals surface area contributed by atoms with Crippen LogP contribution in [0.1, 0.15) is 0 Å². The molecule has 0 atom stereocenters. The number of pyridine rings is 1. The first-order chi connectivity index (χ1) is 26.8. The lowest BCUT2D eigenvalue weighted by atomic mass is 9.94. The molecule has 0 unspecified atom stereocenters. The molecule has 0 aliphatic rings. The van der Waals surface area contributed by atoms with Gasteiger partial charge in [-0.05, 0) is 111 Å². The van der Waals surface area contributed by atoms with Crippen molar-refractivity contribution in [1.82, 2.24) is 19.1 Å². The molecular weight excluding hydrogens is 657 g/mol. The van der Waals surface area contributed by atoms with Crippen molar-refractivity contribution in [2.75, 3.05) is 0 Å². The van der Waals surface area contributed by atoms with Gasteiger partial charge < -0.3 is 4.57 Å². The molecule has 0 bridgehead atoms. The third-order valence-corrected chi connectivity index (χ3v) is 10.7. The molecule has 0 aliphatic heterocycles. The predicted octanol–water partition coefficient (Wildman–Crippen LogP) is 12.8. The monoisotopic (exact) mass is 688 g/mol. The van der Waals surface area contributed by atoms with Gasteiger partial charge in [-0.15, -0.1) is 0 Å². The van der Waals surface area contributed by atoms with Crippen LogP contribution in [0.2, 0.25) is 0 Å². The predicted molar refractivity (Wildman–Crippen MR) is 224 cm³/mol. The lowest BCUT2D eigenvalue weighted by Gasteiger charge is -2.12. The van der Waals surface area contributed by atoms with Gasteiger partial charge in [0.1, 0.15) is 5.82 Å². The summed E-state index contributed by atoms with van der Waals surface area (Å²) in [7, 11) is 0. The Morgan fingerprint density at radius 1 is 0.352 bits per heavy atom. The highest BCUT2D eigenvalue weighted by Gasteiger charge is 2.20. The van der Waals surface area contributed by atoms with Gasteiger partial charge in [-0.25, -0.2) is 4.98 Å². The van der Waals surface area contributed by atoms with Crippen LogP contribution in [0.25, 0.3) is 99.8 Å². The van der Waals surface area contributed by atoms with Crippen LogP contribution >= 0.6 is 0 Å². The Hall–Kier alpha value is -7.30. The third kappa shape index (κ3) is 4.85. The molecule has 11 aromatic rings. The molecule has 252 valence electrons. The van der Waals surface area contributed by atoms with E-state index < -0.39 is 0 Å². The van der Waals surface area contributed by atoms with Crippen molar-refractivity contribution in [1.29, 1.82) is 0 Å². The van der Waals surface area contributed by atoms with Gasteiger partial charge in [0.25, 0.3) is 0 Å². The standard InChI is InChI=1S/C50H32N4/c1-3-11-34(12-4-1)50-52-44-18-7-8-19-45(44)54(50)43-24-22-33(23-25-43)40-28-37-20-21-38-29-41(36-14-9-13-35(27-36)39-15-10-26-51-32-39)31-47-49(38)48(37)46(30-40)53(47)42-16-5-2-6-17-42/h1-32H. The molecule has 4 heteroatoms. The molecule has 3 heterocycles. The molecule has 0 amide bonds. The third-order valence-electron chi connectivity index (χ3n) is 10.7. The van der Waals surface area contributed by atoms with Crippen molar-refractivity contribution in [2.24, 2.45) is 0 Å². The van der Waals surface area contributed by atoms with E-state index in [4.69, 9.17) is 4.98 Å². The average Bonchev–Trinajstić information content (AvgIpc) is 3.80. The number of nitrogens with zero attached hydrogens (tertiary/aromatic N) is 4. The van der Waals surface area contributed by atoms with E-state index >= 15 is 0 Å². The number of imidazole rings is 1. The zero-order chi connectivity index (χ0) is 35.6. The van der Waals surface area contributed by atoms with Gasteiger partial charge in [0.05, 0.1) is 22.1 Å². The van der Waals surface area contributed by atoms with Gasteiger partial charge in [0.2, 0.25) is 0 Å². The second kappa shape index (κ2) is 12.1. The summed E-state index contributed by atoms with van der Waals surface area (Å²) in [4.78, 5) is 9.42. The van der Waals surface area contributed by atoms with Gasteiger partial charge >= 0.3 is 0 Å². The lowest BCUT2D eigenvalue weighted by Crippen LogP contribution is -1.97. The first-order valence-corrected chi connectivity index (χ1v) is 18.3. The van der Waals surface area contributed by atoms with Crippen molar-refractivity contribution in [2.45, 2.75) is 0 Å². The van der Waals surface area contributed by atoms with Crippen molar-refractivity contribution < 1.29 is 0 Å². The number of rotatable bonds is 6. The SMILES string of the molecule is c1ccc(-c2nc3ccccc3n2-c2ccc(-c3cc4ccc5cc(-c6cccc(-c7cccnc7)c6)cc6c5c4c(c3)n6-c3ccccc3)cc2)cc1. The molecule has 0 N–H and O–H groups in total. The van der Waals surface area contributed by atoms with Crippen LogP contribution in [-0.4, -0.2) is 19.1 Å². The second-order valence-corrected chi connectivity index (χ2v) is 13.9. The Labute approximate surface area is 312 Å². The molecule has 0 spiro atoms. The van der Waals surface area contributed by atoms with Crippen LogP contribution in [0.15, 0.2) is 194 Å². The molecule has 4 nitrogen and oxygen atoms in total. The van der Waals surface area contributed by atoms with Gasteiger partial charge in [-0.3, -0.25) is 9.55 Å². The van der Waals surface area contributed by atoms with Crippen LogP contribution in [0.4, 0.5) is 0 Å². The van der Waals surface area contributed by atoms with Crippen LogP contribution in [0.3, 0.4) is 0 Å². The number of fused-ring (bicyclic) bond motifs is 1. The van der Waals surface area contributed by atoms with E-state index in [1.54, 1.807) is 0 Å². The maximum Gasteiger partial charge on any atom is 0.145 e. The molecule has 3 aromatic heterocycles. The number of aromatic nitrogens is 4. The maximum absolute atomic E-state index is 5.06. The van der Waals surface area contributed by atoms with Gasteiger partial charge in [-0.1, -0.05) is 109 Å². The first-order valence-electron chi connectivity index (χ1n) is 18.3. The molecule has 11 rings (SSSR count). The van der Waals surface area contributed by atoms with E-state index in [-0.39, 0.29) is 0 Å². The number of hydrogen-bond donors (Lipinski definition) is 0. The second-order valence-electron chi connectivity index (χ2n) is 13.9. The van der Waals surface area contributed by atoms with E-state index in [1.165, 1.54) is 54.8 Å². The van der Waals surface area contributed by atoms with Crippen molar-refractivity contribution in [3.8, 4) is 56.1 Å². The summed E-state index contributed by atoms with van der Waals surface area (Å²) in [5.41, 5.74) is 14.8. The Morgan fingerprint density at radius 2 is 0.944 bits per heavy atom. The van der Waals surface area contributed by atoms with Crippen LogP contribution in [-0.2, 0) is 0 Å². The van der Waals surface area contributed by atoms with Crippen molar-refractivity contribution in [3.63, 3.8) is 0 Å². The van der Waals surface area contributed by atoms with Gasteiger partial charge in [0.15, 0.2) is 0 Å². The fourth-order valence-electron chi connectivity index (χ4n) is 8.24. The smallest absolute Gasteiger partial charge is 0.145 e. The molecule has 0 saturated carbocycles. The van der Waals surface area contributed by atoms with Crippen molar-refractivity contribution >= 4 is 43.6 Å². The molecule has 0 aliphatic carbocycles. The highest BCUT2D eigenvalue weighted by Crippen LogP contribution is 2.43. The quantitative estimate of drug-likeness (QED) is 0.163. The molecule has 8 aromatic carbocycles. The Kier molecular flexibility index (Phi) is 6.82. The maximum atomic E-state index is 5.06. The summed E-state index contributed by atoms with van der Waals surface area (Å²) < 4.78 is 4.71. The lowest BCUT2D eigenvalue weighted by molar-refractivity contribution is 1.10. The minimum atomic E-state index is 0.937. The molecular formula is C50H32N4. The largest absolute Gasteiger partial charge is 0.309 e. The Bertz CT molecular complexity index is 3120. The highest BCUT2D eigenvalue weighted by molar-refractivity contribution is 6.25. The van der Waals surface area contributed by atoms with Gasteiger partial charge in [-0.2, -0.15) is 0 Å². The minimum absolute atomic E-state index is 0.937. The fourth-order valence-corrected chi connectivity index (χ4v) is 8.24. The van der Waals surface area contributed by atoms with E-state index in [1.807, 2.05) is 24.5 Å². The summed E-state index contributed by atoms with van der Waals surface area (Å²) in [6.45, 7) is 0. The Balaban J connectivity index is 1.08. The number of benzene rings is 8. The van der Waals surface area contributed by atoms with Crippen molar-refractivity contribution in [3.05, 3.63) is 194 Å². The first kappa shape index (κ1) is 30.3. The van der Waals surface area contributed by atoms with Gasteiger partial charge in [0, 0.05) is 45.7 Å². The zero-order valence-electron chi connectivity index (χ0n) is 29.3. The highest BCUT2D eigenvalue weighted by atomic mass is 15.1. The van der Waals surface area contributed by atoms with Crippen LogP contribution < -0.4 is 0 Å².